The van der Waals surface area contributed by atoms with Crippen molar-refractivity contribution >= 4 is 0 Å². The molecule has 13 heavy (non-hydrogen) atoms. The molecule has 2 saturated carbocycles. The summed E-state index contributed by atoms with van der Waals surface area (Å²) in [4.78, 5) is 0. The predicted octanol–water partition coefficient (Wildman–Crippen LogP) is 4.10. The van der Waals surface area contributed by atoms with Gasteiger partial charge in [-0.15, -0.1) is 0 Å². The topological polar surface area (TPSA) is 0 Å². The Kier molecular flexibility index (Phi) is 2.67. The Morgan fingerprint density at radius 1 is 1.00 bits per heavy atom. The highest BCUT2D eigenvalue weighted by atomic mass is 14.5. The molecule has 0 aromatic carbocycles. The fourth-order valence-corrected chi connectivity index (χ4v) is 3.34. The van der Waals surface area contributed by atoms with Crippen molar-refractivity contribution in [3.8, 4) is 0 Å². The summed E-state index contributed by atoms with van der Waals surface area (Å²) in [6.07, 6.45) is 7.63. The Bertz CT molecular complexity index is 167. The fourth-order valence-electron chi connectivity index (χ4n) is 3.34. The van der Waals surface area contributed by atoms with Crippen molar-refractivity contribution in [3.63, 3.8) is 0 Å². The summed E-state index contributed by atoms with van der Waals surface area (Å²) < 4.78 is 0. The summed E-state index contributed by atoms with van der Waals surface area (Å²) >= 11 is 0. The largest absolute Gasteiger partial charge is 0.0625 e. The third-order valence-electron chi connectivity index (χ3n) is 4.30. The SMILES string of the molecule is CC1CCC(C(C)C)C(C2CC2)C1. The molecule has 0 aromatic heterocycles. The number of rotatable bonds is 2. The monoisotopic (exact) mass is 180 g/mol. The van der Waals surface area contributed by atoms with Crippen molar-refractivity contribution in [2.45, 2.75) is 52.9 Å². The molecule has 0 aromatic rings. The molecule has 0 spiro atoms. The third-order valence-corrected chi connectivity index (χ3v) is 4.30. The Morgan fingerprint density at radius 2 is 1.69 bits per heavy atom. The quantitative estimate of drug-likeness (QED) is 0.600. The molecule has 3 unspecified atom stereocenters. The Hall–Kier alpha value is 0. The molecular formula is C13H24. The summed E-state index contributed by atoms with van der Waals surface area (Å²) in [5.74, 6) is 5.24. The van der Waals surface area contributed by atoms with Crippen molar-refractivity contribution in [2.24, 2.45) is 29.6 Å². The van der Waals surface area contributed by atoms with Gasteiger partial charge in [0.2, 0.25) is 0 Å². The first kappa shape index (κ1) is 9.55. The van der Waals surface area contributed by atoms with Gasteiger partial charge in [0.05, 0.1) is 0 Å². The van der Waals surface area contributed by atoms with Gasteiger partial charge in [0.1, 0.15) is 0 Å². The first-order valence-electron chi connectivity index (χ1n) is 6.18. The van der Waals surface area contributed by atoms with Crippen LogP contribution in [-0.2, 0) is 0 Å². The lowest BCUT2D eigenvalue weighted by Crippen LogP contribution is -2.28. The van der Waals surface area contributed by atoms with E-state index in [0.29, 0.717) is 0 Å². The zero-order valence-electron chi connectivity index (χ0n) is 9.42. The Balaban J connectivity index is 1.98. The Labute approximate surface area is 83.1 Å². The van der Waals surface area contributed by atoms with Gasteiger partial charge in [-0.2, -0.15) is 0 Å². The molecule has 0 heteroatoms. The molecule has 2 aliphatic carbocycles. The van der Waals surface area contributed by atoms with Crippen LogP contribution in [-0.4, -0.2) is 0 Å². The maximum Gasteiger partial charge on any atom is -0.0352 e. The average molecular weight is 180 g/mol. The minimum atomic E-state index is 0.929. The van der Waals surface area contributed by atoms with Crippen molar-refractivity contribution in [1.29, 1.82) is 0 Å². The second-order valence-corrected chi connectivity index (χ2v) is 5.83. The van der Waals surface area contributed by atoms with Gasteiger partial charge in [-0.05, 0) is 55.3 Å². The van der Waals surface area contributed by atoms with E-state index in [1.54, 1.807) is 12.8 Å². The molecular weight excluding hydrogens is 156 g/mol. The van der Waals surface area contributed by atoms with Crippen LogP contribution in [0.25, 0.3) is 0 Å². The van der Waals surface area contributed by atoms with Crippen molar-refractivity contribution in [1.82, 2.24) is 0 Å². The second-order valence-electron chi connectivity index (χ2n) is 5.83. The van der Waals surface area contributed by atoms with E-state index < -0.39 is 0 Å². The zero-order valence-corrected chi connectivity index (χ0v) is 9.42. The van der Waals surface area contributed by atoms with Gasteiger partial charge in [0.25, 0.3) is 0 Å². The van der Waals surface area contributed by atoms with E-state index >= 15 is 0 Å². The molecule has 0 aliphatic heterocycles. The van der Waals surface area contributed by atoms with Crippen LogP contribution in [0.3, 0.4) is 0 Å². The molecule has 0 saturated heterocycles. The van der Waals surface area contributed by atoms with Crippen molar-refractivity contribution < 1.29 is 0 Å². The molecule has 0 nitrogen and oxygen atoms in total. The van der Waals surface area contributed by atoms with Gasteiger partial charge in [0.15, 0.2) is 0 Å². The predicted molar refractivity (Wildman–Crippen MR) is 57.6 cm³/mol. The normalized spacial score (nSPS) is 41.1. The molecule has 3 atom stereocenters. The lowest BCUT2D eigenvalue weighted by atomic mass is 9.68. The van der Waals surface area contributed by atoms with Crippen LogP contribution < -0.4 is 0 Å². The summed E-state index contributed by atoms with van der Waals surface area (Å²) in [6.45, 7) is 7.30. The molecule has 0 N–H and O–H groups in total. The van der Waals surface area contributed by atoms with Gasteiger partial charge in [-0.25, -0.2) is 0 Å². The highest BCUT2D eigenvalue weighted by Gasteiger charge is 2.40. The zero-order chi connectivity index (χ0) is 9.42. The number of hydrogen-bond acceptors (Lipinski definition) is 0. The van der Waals surface area contributed by atoms with Crippen molar-refractivity contribution in [2.75, 3.05) is 0 Å². The lowest BCUT2D eigenvalue weighted by molar-refractivity contribution is 0.126. The maximum absolute atomic E-state index is 2.45. The van der Waals surface area contributed by atoms with Crippen LogP contribution in [0.2, 0.25) is 0 Å². The smallest absolute Gasteiger partial charge is 0.0352 e. The summed E-state index contributed by atoms with van der Waals surface area (Å²) in [7, 11) is 0. The molecule has 0 radical (unpaired) electrons. The van der Waals surface area contributed by atoms with Crippen LogP contribution >= 0.6 is 0 Å². The van der Waals surface area contributed by atoms with Crippen LogP contribution in [0.15, 0.2) is 0 Å². The molecule has 2 fully saturated rings. The van der Waals surface area contributed by atoms with E-state index in [1.165, 1.54) is 19.3 Å². The van der Waals surface area contributed by atoms with Crippen LogP contribution in [0.1, 0.15) is 52.9 Å². The van der Waals surface area contributed by atoms with Crippen LogP contribution in [0.4, 0.5) is 0 Å². The third kappa shape index (κ3) is 2.08. The molecule has 0 bridgehead atoms. The van der Waals surface area contributed by atoms with E-state index in [0.717, 1.165) is 29.6 Å². The molecule has 2 aliphatic rings. The Morgan fingerprint density at radius 3 is 2.23 bits per heavy atom. The summed E-state index contributed by atoms with van der Waals surface area (Å²) in [6, 6.07) is 0. The van der Waals surface area contributed by atoms with Gasteiger partial charge < -0.3 is 0 Å². The van der Waals surface area contributed by atoms with E-state index in [-0.39, 0.29) is 0 Å². The summed E-state index contributed by atoms with van der Waals surface area (Å²) in [5, 5.41) is 0. The minimum Gasteiger partial charge on any atom is -0.0625 e. The van der Waals surface area contributed by atoms with Gasteiger partial charge in [0, 0.05) is 0 Å². The van der Waals surface area contributed by atoms with Crippen LogP contribution in [0, 0.1) is 29.6 Å². The van der Waals surface area contributed by atoms with Crippen LogP contribution in [0.5, 0.6) is 0 Å². The molecule has 2 rings (SSSR count). The van der Waals surface area contributed by atoms with Crippen molar-refractivity contribution in [3.05, 3.63) is 0 Å². The number of hydrogen-bond donors (Lipinski definition) is 0. The lowest BCUT2D eigenvalue weighted by Gasteiger charge is -2.37. The van der Waals surface area contributed by atoms with E-state index in [9.17, 15) is 0 Å². The van der Waals surface area contributed by atoms with E-state index in [1.807, 2.05) is 0 Å². The minimum absolute atomic E-state index is 0.929. The standard InChI is InChI=1S/C13H24/c1-9(2)12-7-4-10(3)8-13(12)11-5-6-11/h9-13H,4-8H2,1-3H3. The average Bonchev–Trinajstić information content (AvgIpc) is 2.85. The fraction of sp³-hybridized carbons (Fsp3) is 1.00. The first-order valence-corrected chi connectivity index (χ1v) is 6.18. The van der Waals surface area contributed by atoms with E-state index in [4.69, 9.17) is 0 Å². The second kappa shape index (κ2) is 3.63. The molecule has 76 valence electrons. The highest BCUT2D eigenvalue weighted by molar-refractivity contribution is 4.90. The molecule has 0 amide bonds. The van der Waals surface area contributed by atoms with Gasteiger partial charge >= 0.3 is 0 Å². The van der Waals surface area contributed by atoms with Gasteiger partial charge in [-0.3, -0.25) is 0 Å². The molecule has 0 heterocycles. The highest BCUT2D eigenvalue weighted by Crippen LogP contribution is 2.50. The summed E-state index contributed by atoms with van der Waals surface area (Å²) in [5.41, 5.74) is 0. The van der Waals surface area contributed by atoms with E-state index in [2.05, 4.69) is 20.8 Å². The first-order chi connectivity index (χ1) is 6.18. The maximum atomic E-state index is 2.45. The van der Waals surface area contributed by atoms with Gasteiger partial charge in [-0.1, -0.05) is 27.2 Å².